The SMILES string of the molecule is O=C(c1ccc2c(c1)CCO2)N1CCCN(c2nccs2)CC1. The van der Waals surface area contributed by atoms with Gasteiger partial charge in [-0.3, -0.25) is 4.79 Å². The van der Waals surface area contributed by atoms with E-state index < -0.39 is 0 Å². The minimum Gasteiger partial charge on any atom is -0.493 e. The molecule has 2 aliphatic rings. The second-order valence-electron chi connectivity index (χ2n) is 5.87. The van der Waals surface area contributed by atoms with Crippen LogP contribution in [0.2, 0.25) is 0 Å². The summed E-state index contributed by atoms with van der Waals surface area (Å²) in [7, 11) is 0. The lowest BCUT2D eigenvalue weighted by Crippen LogP contribution is -2.35. The van der Waals surface area contributed by atoms with Crippen LogP contribution in [0, 0.1) is 0 Å². The van der Waals surface area contributed by atoms with Gasteiger partial charge in [0.1, 0.15) is 5.75 Å². The Bertz CT molecular complexity index is 702. The van der Waals surface area contributed by atoms with Crippen molar-refractivity contribution in [1.82, 2.24) is 9.88 Å². The number of fused-ring (bicyclic) bond motifs is 1. The van der Waals surface area contributed by atoms with Crippen LogP contribution in [-0.4, -0.2) is 48.6 Å². The monoisotopic (exact) mass is 329 g/mol. The maximum atomic E-state index is 12.8. The molecule has 0 unspecified atom stereocenters. The number of anilines is 1. The molecule has 1 fully saturated rings. The van der Waals surface area contributed by atoms with Crippen LogP contribution in [-0.2, 0) is 6.42 Å². The van der Waals surface area contributed by atoms with E-state index in [4.69, 9.17) is 4.74 Å². The molecule has 3 heterocycles. The van der Waals surface area contributed by atoms with Crippen LogP contribution in [0.1, 0.15) is 22.3 Å². The smallest absolute Gasteiger partial charge is 0.253 e. The van der Waals surface area contributed by atoms with E-state index in [0.717, 1.165) is 67.6 Å². The van der Waals surface area contributed by atoms with Crippen molar-refractivity contribution in [3.05, 3.63) is 40.9 Å². The largest absolute Gasteiger partial charge is 0.493 e. The van der Waals surface area contributed by atoms with Crippen LogP contribution < -0.4 is 9.64 Å². The summed E-state index contributed by atoms with van der Waals surface area (Å²) in [5, 5.41) is 3.05. The Kier molecular flexibility index (Phi) is 3.91. The lowest BCUT2D eigenvalue weighted by molar-refractivity contribution is 0.0767. The average molecular weight is 329 g/mol. The van der Waals surface area contributed by atoms with E-state index >= 15 is 0 Å². The third-order valence-electron chi connectivity index (χ3n) is 4.41. The minimum atomic E-state index is 0.126. The molecule has 1 aromatic heterocycles. The summed E-state index contributed by atoms with van der Waals surface area (Å²) in [6.45, 7) is 4.06. The summed E-state index contributed by atoms with van der Waals surface area (Å²) in [5.74, 6) is 1.05. The van der Waals surface area contributed by atoms with E-state index in [1.807, 2.05) is 34.7 Å². The van der Waals surface area contributed by atoms with Gasteiger partial charge in [-0.25, -0.2) is 4.98 Å². The number of thiazole rings is 1. The van der Waals surface area contributed by atoms with Gasteiger partial charge in [0.15, 0.2) is 5.13 Å². The molecule has 2 aliphatic heterocycles. The van der Waals surface area contributed by atoms with Crippen LogP contribution in [0.15, 0.2) is 29.8 Å². The lowest BCUT2D eigenvalue weighted by Gasteiger charge is -2.22. The fourth-order valence-electron chi connectivity index (χ4n) is 3.19. The van der Waals surface area contributed by atoms with Gasteiger partial charge in [-0.2, -0.15) is 0 Å². The molecule has 0 aliphatic carbocycles. The molecule has 0 spiro atoms. The fraction of sp³-hybridized carbons (Fsp3) is 0.412. The zero-order valence-corrected chi connectivity index (χ0v) is 13.7. The number of hydrogen-bond acceptors (Lipinski definition) is 5. The molecule has 0 N–H and O–H groups in total. The van der Waals surface area contributed by atoms with E-state index in [1.165, 1.54) is 0 Å². The van der Waals surface area contributed by atoms with Crippen molar-refractivity contribution in [2.45, 2.75) is 12.8 Å². The lowest BCUT2D eigenvalue weighted by atomic mass is 10.1. The van der Waals surface area contributed by atoms with Crippen LogP contribution in [0.3, 0.4) is 0 Å². The normalized spacial score (nSPS) is 17.6. The highest BCUT2D eigenvalue weighted by Crippen LogP contribution is 2.26. The number of ether oxygens (including phenoxy) is 1. The minimum absolute atomic E-state index is 0.126. The van der Waals surface area contributed by atoms with Gasteiger partial charge in [0, 0.05) is 49.7 Å². The topological polar surface area (TPSA) is 45.7 Å². The fourth-order valence-corrected chi connectivity index (χ4v) is 3.88. The molecule has 0 bridgehead atoms. The van der Waals surface area contributed by atoms with Crippen molar-refractivity contribution in [3.63, 3.8) is 0 Å². The molecule has 6 heteroatoms. The number of carbonyl (C=O) groups is 1. The van der Waals surface area contributed by atoms with Gasteiger partial charge in [-0.05, 0) is 30.2 Å². The van der Waals surface area contributed by atoms with E-state index in [-0.39, 0.29) is 5.91 Å². The Morgan fingerprint density at radius 1 is 1.22 bits per heavy atom. The second-order valence-corrected chi connectivity index (χ2v) is 6.74. The highest BCUT2D eigenvalue weighted by Gasteiger charge is 2.22. The first kappa shape index (κ1) is 14.5. The molecule has 1 aromatic carbocycles. The van der Waals surface area contributed by atoms with Crippen molar-refractivity contribution in [1.29, 1.82) is 0 Å². The highest BCUT2D eigenvalue weighted by atomic mass is 32.1. The van der Waals surface area contributed by atoms with Crippen molar-refractivity contribution < 1.29 is 9.53 Å². The highest BCUT2D eigenvalue weighted by molar-refractivity contribution is 7.13. The van der Waals surface area contributed by atoms with Crippen LogP contribution in [0.5, 0.6) is 5.75 Å². The van der Waals surface area contributed by atoms with E-state index in [9.17, 15) is 4.79 Å². The molecule has 0 saturated carbocycles. The van der Waals surface area contributed by atoms with Gasteiger partial charge in [0.25, 0.3) is 5.91 Å². The Balaban J connectivity index is 1.46. The molecule has 2 aromatic rings. The predicted octanol–water partition coefficient (Wildman–Crippen LogP) is 2.43. The third kappa shape index (κ3) is 2.91. The zero-order valence-electron chi connectivity index (χ0n) is 12.9. The van der Waals surface area contributed by atoms with E-state index in [0.29, 0.717) is 0 Å². The summed E-state index contributed by atoms with van der Waals surface area (Å²) < 4.78 is 5.52. The first-order valence-electron chi connectivity index (χ1n) is 8.01. The summed E-state index contributed by atoms with van der Waals surface area (Å²) in [4.78, 5) is 21.4. The van der Waals surface area contributed by atoms with Gasteiger partial charge in [0.05, 0.1) is 6.61 Å². The number of hydrogen-bond donors (Lipinski definition) is 0. The first-order valence-corrected chi connectivity index (χ1v) is 8.89. The van der Waals surface area contributed by atoms with Gasteiger partial charge in [-0.15, -0.1) is 11.3 Å². The zero-order chi connectivity index (χ0) is 15.6. The van der Waals surface area contributed by atoms with Crippen molar-refractivity contribution in [2.24, 2.45) is 0 Å². The Morgan fingerprint density at radius 2 is 2.17 bits per heavy atom. The molecule has 1 saturated heterocycles. The van der Waals surface area contributed by atoms with Gasteiger partial charge < -0.3 is 14.5 Å². The van der Waals surface area contributed by atoms with Gasteiger partial charge in [0.2, 0.25) is 0 Å². The number of carbonyl (C=O) groups excluding carboxylic acids is 1. The Morgan fingerprint density at radius 3 is 3.04 bits per heavy atom. The van der Waals surface area contributed by atoms with Gasteiger partial charge in [-0.1, -0.05) is 0 Å². The summed E-state index contributed by atoms with van der Waals surface area (Å²) in [5.41, 5.74) is 1.92. The Hall–Kier alpha value is -2.08. The molecular weight excluding hydrogens is 310 g/mol. The number of rotatable bonds is 2. The van der Waals surface area contributed by atoms with Crippen LogP contribution >= 0.6 is 11.3 Å². The quantitative estimate of drug-likeness (QED) is 0.849. The van der Waals surface area contributed by atoms with Crippen molar-refractivity contribution in [2.75, 3.05) is 37.7 Å². The molecular formula is C17H19N3O2S. The maximum Gasteiger partial charge on any atom is 0.253 e. The Labute approximate surface area is 139 Å². The van der Waals surface area contributed by atoms with E-state index in [2.05, 4.69) is 9.88 Å². The maximum absolute atomic E-state index is 12.8. The van der Waals surface area contributed by atoms with E-state index in [1.54, 1.807) is 11.3 Å². The van der Waals surface area contributed by atoms with Crippen molar-refractivity contribution >= 4 is 22.4 Å². The van der Waals surface area contributed by atoms with Crippen molar-refractivity contribution in [3.8, 4) is 5.75 Å². The van der Waals surface area contributed by atoms with Crippen LogP contribution in [0.4, 0.5) is 5.13 Å². The molecule has 5 nitrogen and oxygen atoms in total. The van der Waals surface area contributed by atoms with Gasteiger partial charge >= 0.3 is 0 Å². The molecule has 1 amide bonds. The number of amides is 1. The molecule has 120 valence electrons. The first-order chi connectivity index (χ1) is 11.3. The molecule has 23 heavy (non-hydrogen) atoms. The number of benzene rings is 1. The predicted molar refractivity (Wildman–Crippen MR) is 90.5 cm³/mol. The number of aromatic nitrogens is 1. The molecule has 4 rings (SSSR count). The van der Waals surface area contributed by atoms with Crippen LogP contribution in [0.25, 0.3) is 0 Å². The second kappa shape index (κ2) is 6.20. The summed E-state index contributed by atoms with van der Waals surface area (Å²) >= 11 is 1.66. The molecule has 0 radical (unpaired) electrons. The summed E-state index contributed by atoms with van der Waals surface area (Å²) in [6, 6.07) is 5.80. The number of nitrogens with zero attached hydrogens (tertiary/aromatic N) is 3. The molecule has 0 atom stereocenters. The third-order valence-corrected chi connectivity index (χ3v) is 5.24. The average Bonchev–Trinajstić information content (AvgIpc) is 3.21. The summed E-state index contributed by atoms with van der Waals surface area (Å²) in [6.07, 6.45) is 3.70. The standard InChI is InChI=1S/C17H19N3O2S/c21-16(14-2-3-15-13(12-14)4-10-22-15)19-6-1-7-20(9-8-19)17-18-5-11-23-17/h2-3,5,11-12H,1,4,6-10H2.